The van der Waals surface area contributed by atoms with Crippen molar-refractivity contribution in [2.75, 3.05) is 6.54 Å². The van der Waals surface area contributed by atoms with Gasteiger partial charge in [0.25, 0.3) is 0 Å². The quantitative estimate of drug-likeness (QED) is 0.803. The molecule has 0 bridgehead atoms. The first-order valence-electron chi connectivity index (χ1n) is 5.59. The number of aromatic amines is 1. The number of carbonyl (C=O) groups excluding carboxylic acids is 1. The average Bonchev–Trinajstić information content (AvgIpc) is 2.98. The van der Waals surface area contributed by atoms with E-state index < -0.39 is 0 Å². The summed E-state index contributed by atoms with van der Waals surface area (Å²) in [6.07, 6.45) is 7.34. The Balaban J connectivity index is 1.73. The molecule has 2 aromatic rings. The van der Waals surface area contributed by atoms with Crippen LogP contribution in [0.1, 0.15) is 16.4 Å². The molecule has 18 heavy (non-hydrogen) atoms. The van der Waals surface area contributed by atoms with E-state index in [0.29, 0.717) is 6.54 Å². The fourth-order valence-corrected chi connectivity index (χ4v) is 2.00. The third-order valence-electron chi connectivity index (χ3n) is 2.29. The topological polar surface area (TPSA) is 70.7 Å². The van der Waals surface area contributed by atoms with E-state index in [1.807, 2.05) is 12.3 Å². The standard InChI is InChI=1S/C12H14N4OS/c1-9-16-11(7-18-9)2-3-12(17)14-5-4-10-6-13-8-15-10/h2-3,6-8H,4-5H2,1H3,(H,13,15)(H,14,17). The number of carbonyl (C=O) groups is 1. The summed E-state index contributed by atoms with van der Waals surface area (Å²) in [5.41, 5.74) is 1.83. The summed E-state index contributed by atoms with van der Waals surface area (Å²) in [7, 11) is 0. The Kier molecular flexibility index (Phi) is 4.25. The number of imidazole rings is 1. The third kappa shape index (κ3) is 3.81. The number of H-pyrrole nitrogens is 1. The van der Waals surface area contributed by atoms with Crippen LogP contribution in [0.3, 0.4) is 0 Å². The third-order valence-corrected chi connectivity index (χ3v) is 3.08. The van der Waals surface area contributed by atoms with Crippen molar-refractivity contribution in [3.05, 3.63) is 40.4 Å². The zero-order valence-electron chi connectivity index (χ0n) is 10.0. The van der Waals surface area contributed by atoms with E-state index in [9.17, 15) is 4.79 Å². The molecule has 0 atom stereocenters. The maximum absolute atomic E-state index is 11.5. The van der Waals surface area contributed by atoms with Gasteiger partial charge in [-0.25, -0.2) is 9.97 Å². The first-order chi connectivity index (χ1) is 8.74. The Bertz CT molecular complexity index is 530. The van der Waals surface area contributed by atoms with Gasteiger partial charge in [-0.15, -0.1) is 11.3 Å². The summed E-state index contributed by atoms with van der Waals surface area (Å²) in [5, 5.41) is 5.72. The molecule has 0 aliphatic carbocycles. The van der Waals surface area contributed by atoms with Gasteiger partial charge in [0, 0.05) is 36.3 Å². The first-order valence-corrected chi connectivity index (χ1v) is 6.47. The van der Waals surface area contributed by atoms with Crippen molar-refractivity contribution in [1.82, 2.24) is 20.3 Å². The molecule has 0 fully saturated rings. The van der Waals surface area contributed by atoms with Crippen molar-refractivity contribution in [1.29, 1.82) is 0 Å². The molecule has 0 spiro atoms. The molecule has 0 aromatic carbocycles. The highest BCUT2D eigenvalue weighted by Crippen LogP contribution is 2.08. The summed E-state index contributed by atoms with van der Waals surface area (Å²) in [6, 6.07) is 0. The molecule has 0 radical (unpaired) electrons. The van der Waals surface area contributed by atoms with Gasteiger partial charge in [-0.05, 0) is 13.0 Å². The molecule has 94 valence electrons. The van der Waals surface area contributed by atoms with Crippen molar-refractivity contribution in [3.8, 4) is 0 Å². The van der Waals surface area contributed by atoms with E-state index in [2.05, 4.69) is 20.3 Å². The Hall–Kier alpha value is -1.95. The molecule has 0 saturated carbocycles. The predicted octanol–water partition coefficient (Wildman–Crippen LogP) is 1.55. The SMILES string of the molecule is Cc1nc(C=CC(=O)NCCc2cnc[nH]2)cs1. The van der Waals surface area contributed by atoms with Crippen molar-refractivity contribution >= 4 is 23.3 Å². The highest BCUT2D eigenvalue weighted by Gasteiger charge is 1.98. The van der Waals surface area contributed by atoms with Gasteiger partial charge in [-0.2, -0.15) is 0 Å². The van der Waals surface area contributed by atoms with E-state index in [1.54, 1.807) is 29.9 Å². The van der Waals surface area contributed by atoms with Gasteiger partial charge >= 0.3 is 0 Å². The van der Waals surface area contributed by atoms with Crippen LogP contribution in [-0.4, -0.2) is 27.4 Å². The number of nitrogens with one attached hydrogen (secondary N) is 2. The predicted molar refractivity (Wildman–Crippen MR) is 71.2 cm³/mol. The Morgan fingerprint density at radius 1 is 1.61 bits per heavy atom. The van der Waals surface area contributed by atoms with Crippen LogP contribution in [0.25, 0.3) is 6.08 Å². The molecule has 1 amide bonds. The number of hydrogen-bond donors (Lipinski definition) is 2. The number of aryl methyl sites for hydroxylation is 1. The minimum absolute atomic E-state index is 0.111. The van der Waals surface area contributed by atoms with Gasteiger partial charge in [0.15, 0.2) is 0 Å². The first kappa shape index (κ1) is 12.5. The Labute approximate surface area is 109 Å². The molecular formula is C12H14N4OS. The summed E-state index contributed by atoms with van der Waals surface area (Å²) < 4.78 is 0. The maximum Gasteiger partial charge on any atom is 0.244 e. The Morgan fingerprint density at radius 2 is 2.50 bits per heavy atom. The molecule has 0 saturated heterocycles. The summed E-state index contributed by atoms with van der Waals surface area (Å²) >= 11 is 1.57. The smallest absolute Gasteiger partial charge is 0.244 e. The van der Waals surface area contributed by atoms with Crippen LogP contribution in [0.15, 0.2) is 24.0 Å². The van der Waals surface area contributed by atoms with E-state index in [-0.39, 0.29) is 5.91 Å². The second-order valence-electron chi connectivity index (χ2n) is 3.74. The molecule has 2 aromatic heterocycles. The van der Waals surface area contributed by atoms with Crippen LogP contribution in [0, 0.1) is 6.92 Å². The minimum atomic E-state index is -0.111. The maximum atomic E-state index is 11.5. The molecule has 6 heteroatoms. The van der Waals surface area contributed by atoms with Crippen molar-refractivity contribution < 1.29 is 4.79 Å². The molecule has 0 aliphatic heterocycles. The molecule has 0 aliphatic rings. The van der Waals surface area contributed by atoms with Gasteiger partial charge in [-0.1, -0.05) is 0 Å². The molecule has 2 rings (SSSR count). The van der Waals surface area contributed by atoms with Gasteiger partial charge in [-0.3, -0.25) is 4.79 Å². The van der Waals surface area contributed by atoms with E-state index in [4.69, 9.17) is 0 Å². The summed E-state index contributed by atoms with van der Waals surface area (Å²) in [6.45, 7) is 2.52. The number of amides is 1. The fourth-order valence-electron chi connectivity index (χ4n) is 1.42. The number of rotatable bonds is 5. The van der Waals surface area contributed by atoms with Crippen LogP contribution in [-0.2, 0) is 11.2 Å². The van der Waals surface area contributed by atoms with E-state index in [0.717, 1.165) is 22.8 Å². The number of aromatic nitrogens is 3. The molecular weight excluding hydrogens is 248 g/mol. The number of nitrogens with zero attached hydrogens (tertiary/aromatic N) is 2. The second kappa shape index (κ2) is 6.11. The zero-order valence-corrected chi connectivity index (χ0v) is 10.8. The van der Waals surface area contributed by atoms with Gasteiger partial charge < -0.3 is 10.3 Å². The van der Waals surface area contributed by atoms with Gasteiger partial charge in [0.1, 0.15) is 0 Å². The van der Waals surface area contributed by atoms with Crippen LogP contribution in [0.4, 0.5) is 0 Å². The monoisotopic (exact) mass is 262 g/mol. The highest BCUT2D eigenvalue weighted by atomic mass is 32.1. The molecule has 5 nitrogen and oxygen atoms in total. The molecule has 2 heterocycles. The van der Waals surface area contributed by atoms with Crippen molar-refractivity contribution in [2.45, 2.75) is 13.3 Å². The lowest BCUT2D eigenvalue weighted by atomic mass is 10.3. The molecule has 2 N–H and O–H groups in total. The van der Waals surface area contributed by atoms with Crippen LogP contribution < -0.4 is 5.32 Å². The van der Waals surface area contributed by atoms with E-state index in [1.165, 1.54) is 6.08 Å². The van der Waals surface area contributed by atoms with Crippen LogP contribution >= 0.6 is 11.3 Å². The number of hydrogen-bond acceptors (Lipinski definition) is 4. The highest BCUT2D eigenvalue weighted by molar-refractivity contribution is 7.09. The summed E-state index contributed by atoms with van der Waals surface area (Å²) in [4.78, 5) is 22.6. The van der Waals surface area contributed by atoms with Crippen LogP contribution in [0.2, 0.25) is 0 Å². The van der Waals surface area contributed by atoms with Crippen molar-refractivity contribution in [2.24, 2.45) is 0 Å². The molecule has 0 unspecified atom stereocenters. The lowest BCUT2D eigenvalue weighted by Gasteiger charge is -1.99. The van der Waals surface area contributed by atoms with Gasteiger partial charge in [0.2, 0.25) is 5.91 Å². The Morgan fingerprint density at radius 3 is 3.17 bits per heavy atom. The normalized spacial score (nSPS) is 10.9. The summed E-state index contributed by atoms with van der Waals surface area (Å²) in [5.74, 6) is -0.111. The van der Waals surface area contributed by atoms with Crippen LogP contribution in [0.5, 0.6) is 0 Å². The zero-order chi connectivity index (χ0) is 12.8. The fraction of sp³-hybridized carbons (Fsp3) is 0.250. The minimum Gasteiger partial charge on any atom is -0.352 e. The average molecular weight is 262 g/mol. The van der Waals surface area contributed by atoms with E-state index >= 15 is 0 Å². The number of thiazole rings is 1. The lowest BCUT2D eigenvalue weighted by molar-refractivity contribution is -0.116. The van der Waals surface area contributed by atoms with Crippen molar-refractivity contribution in [3.63, 3.8) is 0 Å². The largest absolute Gasteiger partial charge is 0.352 e. The second-order valence-corrected chi connectivity index (χ2v) is 4.80. The lowest BCUT2D eigenvalue weighted by Crippen LogP contribution is -2.23. The van der Waals surface area contributed by atoms with Gasteiger partial charge in [0.05, 0.1) is 17.0 Å².